The number of alkyl halides is 1. The Morgan fingerprint density at radius 2 is 0.688 bits per heavy atom. The van der Waals surface area contributed by atoms with Crippen molar-refractivity contribution in [2.24, 2.45) is 0 Å². The Bertz CT molecular complexity index is 710. The monoisotopic (exact) mass is 701 g/mol. The molecule has 0 saturated carbocycles. The molecule has 0 bridgehead atoms. The summed E-state index contributed by atoms with van der Waals surface area (Å²) in [5.74, 6) is -0.540. The molecule has 48 heavy (non-hydrogen) atoms. The molecule has 0 amide bonds. The lowest BCUT2D eigenvalue weighted by atomic mass is 10.0. The van der Waals surface area contributed by atoms with Crippen molar-refractivity contribution in [3.05, 3.63) is 0 Å². The van der Waals surface area contributed by atoms with Gasteiger partial charge in [0.2, 0.25) is 11.7 Å². The summed E-state index contributed by atoms with van der Waals surface area (Å²) in [6.07, 6.45) is 38.9. The molecule has 0 aromatic carbocycles. The van der Waals surface area contributed by atoms with Crippen LogP contribution in [-0.2, 0) is 19.1 Å². The lowest BCUT2D eigenvalue weighted by molar-refractivity contribution is -0.873. The van der Waals surface area contributed by atoms with Crippen LogP contribution < -0.4 is 0 Å². The van der Waals surface area contributed by atoms with Crippen molar-refractivity contribution in [2.75, 3.05) is 27.7 Å². The van der Waals surface area contributed by atoms with Gasteiger partial charge in [-0.15, -0.1) is 0 Å². The van der Waals surface area contributed by atoms with E-state index in [1.165, 1.54) is 161 Å². The van der Waals surface area contributed by atoms with E-state index in [0.29, 0.717) is 23.9 Å². The Morgan fingerprint density at radius 1 is 0.438 bits per heavy atom. The van der Waals surface area contributed by atoms with Gasteiger partial charge in [0.15, 0.2) is 0 Å². The molecule has 0 spiro atoms. The average molecular weight is 702 g/mol. The molecule has 286 valence electrons. The second kappa shape index (κ2) is 34.6. The fourth-order valence-corrected chi connectivity index (χ4v) is 6.71. The number of halogens is 1. The predicted molar refractivity (Wildman–Crippen MR) is 208 cm³/mol. The van der Waals surface area contributed by atoms with Crippen molar-refractivity contribution in [3.63, 3.8) is 0 Å². The van der Waals surface area contributed by atoms with E-state index in [4.69, 9.17) is 21.1 Å². The van der Waals surface area contributed by atoms with Gasteiger partial charge >= 0.3 is 11.9 Å². The molecule has 0 rings (SSSR count). The number of nitrogens with zero attached hydrogens (tertiary/aromatic N) is 1. The first-order chi connectivity index (χ1) is 23.2. The third kappa shape index (κ3) is 35.0. The Hall–Kier alpha value is -0.810. The fourth-order valence-electron chi connectivity index (χ4n) is 6.48. The van der Waals surface area contributed by atoms with Gasteiger partial charge in [-0.3, -0.25) is 9.59 Å². The zero-order valence-electron chi connectivity index (χ0n) is 32.9. The summed E-state index contributed by atoms with van der Waals surface area (Å²) in [5, 5.41) is 0. The molecule has 0 aromatic heterocycles. The number of carbonyl (C=O) groups is 2. The minimum absolute atomic E-state index is 0.243. The first-order valence-electron chi connectivity index (χ1n) is 21.0. The quantitative estimate of drug-likeness (QED) is 0.0280. The summed E-state index contributed by atoms with van der Waals surface area (Å²) in [7, 11) is 6.07. The van der Waals surface area contributed by atoms with Crippen molar-refractivity contribution >= 4 is 23.5 Å². The number of likely N-dealkylation sites (N-methyl/N-ethyl adjacent to an activating group) is 1. The van der Waals surface area contributed by atoms with Gasteiger partial charge in [0.1, 0.15) is 6.54 Å². The highest BCUT2D eigenvalue weighted by Crippen LogP contribution is 2.18. The SMILES string of the molecule is CCCCCCCCCCCCCCCCCC(=O)OC(Cl)C(C[N+](C)(C)C)OC(=O)CCCCCCCCCCCCCCCCC. The number of quaternary nitrogens is 1. The van der Waals surface area contributed by atoms with Gasteiger partial charge in [-0.2, -0.15) is 0 Å². The molecule has 0 radical (unpaired) electrons. The Morgan fingerprint density at radius 3 is 0.958 bits per heavy atom. The number of rotatable bonds is 37. The van der Waals surface area contributed by atoms with Crippen molar-refractivity contribution in [1.29, 1.82) is 0 Å². The van der Waals surface area contributed by atoms with Crippen LogP contribution in [0, 0.1) is 0 Å². The van der Waals surface area contributed by atoms with Crippen LogP contribution in [0.1, 0.15) is 219 Å². The van der Waals surface area contributed by atoms with Crippen LogP contribution in [0.4, 0.5) is 0 Å². The molecule has 0 fully saturated rings. The van der Waals surface area contributed by atoms with Crippen LogP contribution in [-0.4, -0.2) is 55.8 Å². The maximum Gasteiger partial charge on any atom is 0.307 e. The third-order valence-corrected chi connectivity index (χ3v) is 9.89. The molecule has 0 aromatic rings. The summed E-state index contributed by atoms with van der Waals surface area (Å²) < 4.78 is 11.9. The number of carbonyl (C=O) groups excluding carboxylic acids is 2. The van der Waals surface area contributed by atoms with Crippen LogP contribution in [0.5, 0.6) is 0 Å². The van der Waals surface area contributed by atoms with E-state index < -0.39 is 11.7 Å². The van der Waals surface area contributed by atoms with Crippen molar-refractivity contribution < 1.29 is 23.5 Å². The molecule has 0 aliphatic heterocycles. The van der Waals surface area contributed by atoms with Crippen LogP contribution in [0.15, 0.2) is 0 Å². The van der Waals surface area contributed by atoms with E-state index in [2.05, 4.69) is 13.8 Å². The highest BCUT2D eigenvalue weighted by molar-refractivity contribution is 6.20. The summed E-state index contributed by atoms with van der Waals surface area (Å²) in [5.41, 5.74) is -0.962. The molecule has 0 saturated heterocycles. The molecular formula is C42H83ClNO4+. The lowest BCUT2D eigenvalue weighted by Crippen LogP contribution is -2.47. The summed E-state index contributed by atoms with van der Waals surface area (Å²) in [6.45, 7) is 5.04. The molecule has 0 N–H and O–H groups in total. The van der Waals surface area contributed by atoms with E-state index in [1.54, 1.807) is 0 Å². The molecule has 5 nitrogen and oxygen atoms in total. The van der Waals surface area contributed by atoms with Gasteiger partial charge in [0.25, 0.3) is 0 Å². The summed E-state index contributed by atoms with van der Waals surface area (Å²) >= 11 is 6.53. The second-order valence-electron chi connectivity index (χ2n) is 15.7. The van der Waals surface area contributed by atoms with Gasteiger partial charge in [-0.25, -0.2) is 0 Å². The third-order valence-electron chi connectivity index (χ3n) is 9.52. The van der Waals surface area contributed by atoms with Crippen LogP contribution in [0.2, 0.25) is 0 Å². The number of hydrogen-bond acceptors (Lipinski definition) is 4. The number of unbranched alkanes of at least 4 members (excludes halogenated alkanes) is 28. The van der Waals surface area contributed by atoms with Crippen molar-refractivity contribution in [2.45, 2.75) is 231 Å². The van der Waals surface area contributed by atoms with Crippen molar-refractivity contribution in [1.82, 2.24) is 0 Å². The van der Waals surface area contributed by atoms with Crippen molar-refractivity contribution in [3.8, 4) is 0 Å². The molecule has 0 aliphatic carbocycles. The molecule has 0 aliphatic rings. The van der Waals surface area contributed by atoms with Gasteiger partial charge in [0.05, 0.1) is 21.1 Å². The lowest BCUT2D eigenvalue weighted by Gasteiger charge is -2.30. The fraction of sp³-hybridized carbons (Fsp3) is 0.952. The number of hydrogen-bond donors (Lipinski definition) is 0. The summed E-state index contributed by atoms with van der Waals surface area (Å²) in [6, 6.07) is 0. The normalized spacial score (nSPS) is 13.0. The van der Waals surface area contributed by atoms with Gasteiger partial charge in [-0.1, -0.05) is 205 Å². The molecule has 0 heterocycles. The van der Waals surface area contributed by atoms with Crippen LogP contribution in [0.3, 0.4) is 0 Å². The van der Waals surface area contributed by atoms with Crippen LogP contribution >= 0.6 is 11.6 Å². The highest BCUT2D eigenvalue weighted by Gasteiger charge is 2.32. The largest absolute Gasteiger partial charge is 0.451 e. The Balaban J connectivity index is 3.94. The van der Waals surface area contributed by atoms with Crippen LogP contribution in [0.25, 0.3) is 0 Å². The molecule has 6 heteroatoms. The molecule has 2 unspecified atom stereocenters. The van der Waals surface area contributed by atoms with Gasteiger partial charge in [0, 0.05) is 12.8 Å². The zero-order chi connectivity index (χ0) is 35.6. The first-order valence-corrected chi connectivity index (χ1v) is 21.5. The smallest absolute Gasteiger partial charge is 0.307 e. The minimum atomic E-state index is -0.962. The Labute approximate surface area is 305 Å². The maximum absolute atomic E-state index is 12.7. The van der Waals surface area contributed by atoms with Gasteiger partial charge < -0.3 is 14.0 Å². The van der Waals surface area contributed by atoms with E-state index in [-0.39, 0.29) is 11.9 Å². The topological polar surface area (TPSA) is 52.6 Å². The highest BCUT2D eigenvalue weighted by atomic mass is 35.5. The second-order valence-corrected chi connectivity index (χ2v) is 16.2. The molecular weight excluding hydrogens is 618 g/mol. The number of esters is 2. The molecule has 2 atom stereocenters. The maximum atomic E-state index is 12.7. The van der Waals surface area contributed by atoms with E-state index in [0.717, 1.165) is 32.1 Å². The van der Waals surface area contributed by atoms with E-state index in [9.17, 15) is 9.59 Å². The van der Waals surface area contributed by atoms with E-state index in [1.807, 2.05) is 21.1 Å². The predicted octanol–water partition coefficient (Wildman–Crippen LogP) is 13.2. The van der Waals surface area contributed by atoms with Gasteiger partial charge in [-0.05, 0) is 12.8 Å². The van der Waals surface area contributed by atoms with E-state index >= 15 is 0 Å². The standard InChI is InChI=1S/C42H83ClNO4/c1-6-8-10-12-14-16-18-20-22-24-26-28-30-32-34-36-40(45)47-39(38-44(3,4)5)42(43)48-41(46)37-35-33-31-29-27-25-23-21-19-17-15-13-11-9-7-2/h39,42H,6-38H2,1-5H3/q+1. The zero-order valence-corrected chi connectivity index (χ0v) is 33.7. The number of ether oxygens (including phenoxy) is 2. The first kappa shape index (κ1) is 47.2. The Kier molecular flexibility index (Phi) is 34.0. The summed E-state index contributed by atoms with van der Waals surface area (Å²) in [4.78, 5) is 25.2. The average Bonchev–Trinajstić information content (AvgIpc) is 3.03. The minimum Gasteiger partial charge on any atom is -0.451 e.